The Balaban J connectivity index is 1.61. The molecule has 3 rings (SSSR count). The molecule has 154 valence electrons. The number of carboxylic acids is 1. The van der Waals surface area contributed by atoms with Gasteiger partial charge < -0.3 is 5.11 Å². The third-order valence-corrected chi connectivity index (χ3v) is 7.40. The molecule has 28 heavy (non-hydrogen) atoms. The van der Waals surface area contributed by atoms with Crippen LogP contribution in [0.3, 0.4) is 0 Å². The lowest BCUT2D eigenvalue weighted by atomic mass is 9.72. The minimum Gasteiger partial charge on any atom is -0.481 e. The van der Waals surface area contributed by atoms with Gasteiger partial charge in [0.25, 0.3) is 5.91 Å². The van der Waals surface area contributed by atoms with Crippen LogP contribution >= 0.6 is 11.3 Å². The maximum Gasteiger partial charge on any atom is 0.307 e. The predicted molar refractivity (Wildman–Crippen MR) is 108 cm³/mol. The highest BCUT2D eigenvalue weighted by molar-refractivity contribution is 7.10. The van der Waals surface area contributed by atoms with E-state index in [2.05, 4.69) is 31.6 Å². The fourth-order valence-corrected chi connectivity index (χ4v) is 5.62. The molecule has 3 atom stereocenters. The zero-order valence-corrected chi connectivity index (χ0v) is 17.7. The fraction of sp³-hybridized carbons (Fsp3) is 0.667. The van der Waals surface area contributed by atoms with E-state index in [1.54, 1.807) is 11.3 Å². The number of hydrazine groups is 1. The van der Waals surface area contributed by atoms with Gasteiger partial charge in [-0.05, 0) is 49.0 Å². The summed E-state index contributed by atoms with van der Waals surface area (Å²) >= 11 is 1.62. The molecule has 1 fully saturated rings. The quantitative estimate of drug-likeness (QED) is 0.669. The highest BCUT2D eigenvalue weighted by Gasteiger charge is 2.36. The van der Waals surface area contributed by atoms with Crippen molar-refractivity contribution in [3.05, 3.63) is 21.4 Å². The third-order valence-electron chi connectivity index (χ3n) is 6.34. The number of aliphatic carboxylic acids is 1. The normalized spacial score (nSPS) is 24.9. The van der Waals surface area contributed by atoms with E-state index < -0.39 is 23.7 Å². The number of carbonyl (C=O) groups is 3. The van der Waals surface area contributed by atoms with Gasteiger partial charge in [-0.1, -0.05) is 33.6 Å². The molecule has 0 aliphatic heterocycles. The van der Waals surface area contributed by atoms with E-state index in [-0.39, 0.29) is 11.3 Å². The van der Waals surface area contributed by atoms with Gasteiger partial charge in [0.1, 0.15) is 0 Å². The molecular formula is C21H30N2O4S. The molecule has 1 heterocycles. The molecule has 3 N–H and O–H groups in total. The highest BCUT2D eigenvalue weighted by Crippen LogP contribution is 2.40. The van der Waals surface area contributed by atoms with E-state index in [4.69, 9.17) is 0 Å². The van der Waals surface area contributed by atoms with Gasteiger partial charge in [-0.25, -0.2) is 0 Å². The van der Waals surface area contributed by atoms with Gasteiger partial charge in [0, 0.05) is 10.3 Å². The zero-order chi connectivity index (χ0) is 20.5. The Hall–Kier alpha value is -1.89. The lowest BCUT2D eigenvalue weighted by molar-refractivity contribution is -0.149. The topological polar surface area (TPSA) is 95.5 Å². The maximum absolute atomic E-state index is 12.6. The average Bonchev–Trinajstić information content (AvgIpc) is 3.08. The number of carbonyl (C=O) groups excluding carboxylic acids is 2. The largest absolute Gasteiger partial charge is 0.481 e. The fourth-order valence-electron chi connectivity index (χ4n) is 4.46. The van der Waals surface area contributed by atoms with Gasteiger partial charge in [-0.15, -0.1) is 11.3 Å². The van der Waals surface area contributed by atoms with Gasteiger partial charge in [0.2, 0.25) is 5.91 Å². The molecule has 1 aromatic rings. The summed E-state index contributed by atoms with van der Waals surface area (Å²) in [5.74, 6) is -2.32. The van der Waals surface area contributed by atoms with Crippen molar-refractivity contribution in [3.8, 4) is 0 Å². The van der Waals surface area contributed by atoms with Crippen molar-refractivity contribution in [1.82, 2.24) is 10.9 Å². The van der Waals surface area contributed by atoms with Crippen molar-refractivity contribution in [2.24, 2.45) is 23.2 Å². The third kappa shape index (κ3) is 4.40. The Kier molecular flexibility index (Phi) is 6.12. The van der Waals surface area contributed by atoms with Crippen LogP contribution in [0.25, 0.3) is 0 Å². The van der Waals surface area contributed by atoms with Crippen LogP contribution in [0, 0.1) is 23.2 Å². The molecule has 0 spiro atoms. The van der Waals surface area contributed by atoms with Gasteiger partial charge in [-0.3, -0.25) is 25.2 Å². The zero-order valence-electron chi connectivity index (χ0n) is 16.8. The summed E-state index contributed by atoms with van der Waals surface area (Å²) in [6.45, 7) is 6.78. The molecule has 7 heteroatoms. The number of fused-ring (bicyclic) bond motifs is 1. The molecule has 0 radical (unpaired) electrons. The second kappa shape index (κ2) is 8.23. The van der Waals surface area contributed by atoms with Crippen molar-refractivity contribution >= 4 is 29.1 Å². The van der Waals surface area contributed by atoms with Gasteiger partial charge in [-0.2, -0.15) is 0 Å². The van der Waals surface area contributed by atoms with Crippen LogP contribution < -0.4 is 10.9 Å². The van der Waals surface area contributed by atoms with Crippen LogP contribution in [0.1, 0.15) is 73.7 Å². The lowest BCUT2D eigenvalue weighted by Gasteiger charge is -2.34. The summed E-state index contributed by atoms with van der Waals surface area (Å²) in [7, 11) is 0. The Morgan fingerprint density at radius 2 is 1.75 bits per heavy atom. The molecular weight excluding hydrogens is 376 g/mol. The van der Waals surface area contributed by atoms with E-state index >= 15 is 0 Å². The van der Waals surface area contributed by atoms with Crippen molar-refractivity contribution in [1.29, 1.82) is 0 Å². The van der Waals surface area contributed by atoms with Gasteiger partial charge in [0.05, 0.1) is 17.4 Å². The summed E-state index contributed by atoms with van der Waals surface area (Å²) in [4.78, 5) is 37.7. The number of hydrogen-bond acceptors (Lipinski definition) is 4. The summed E-state index contributed by atoms with van der Waals surface area (Å²) in [6, 6.07) is 0. The molecule has 2 aliphatic rings. The Labute approximate surface area is 170 Å². The van der Waals surface area contributed by atoms with Gasteiger partial charge in [0.15, 0.2) is 0 Å². The van der Waals surface area contributed by atoms with Crippen molar-refractivity contribution in [2.75, 3.05) is 0 Å². The molecule has 2 amide bonds. The number of amides is 2. The van der Waals surface area contributed by atoms with Crippen LogP contribution in [0.15, 0.2) is 5.38 Å². The van der Waals surface area contributed by atoms with Crippen molar-refractivity contribution in [3.63, 3.8) is 0 Å². The average molecular weight is 407 g/mol. The molecule has 1 aromatic heterocycles. The monoisotopic (exact) mass is 406 g/mol. The molecule has 2 aliphatic carbocycles. The van der Waals surface area contributed by atoms with Crippen LogP contribution in [-0.2, 0) is 22.4 Å². The lowest BCUT2D eigenvalue weighted by Crippen LogP contribution is -2.48. The van der Waals surface area contributed by atoms with Gasteiger partial charge >= 0.3 is 5.97 Å². The number of thiophene rings is 1. The molecule has 0 unspecified atom stereocenters. The van der Waals surface area contributed by atoms with E-state index in [0.29, 0.717) is 24.3 Å². The summed E-state index contributed by atoms with van der Waals surface area (Å²) in [5, 5.41) is 11.2. The second-order valence-corrected chi connectivity index (χ2v) is 10.1. The maximum atomic E-state index is 12.6. The molecule has 0 bridgehead atoms. The van der Waals surface area contributed by atoms with Crippen LogP contribution in [0.5, 0.6) is 0 Å². The number of carboxylic acid groups (broad SMARTS) is 1. The first-order valence-corrected chi connectivity index (χ1v) is 11.0. The van der Waals surface area contributed by atoms with E-state index in [9.17, 15) is 19.5 Å². The van der Waals surface area contributed by atoms with Crippen molar-refractivity contribution in [2.45, 2.75) is 65.7 Å². The first-order valence-electron chi connectivity index (χ1n) is 10.1. The summed E-state index contributed by atoms with van der Waals surface area (Å²) in [5.41, 5.74) is 6.95. The van der Waals surface area contributed by atoms with E-state index in [0.717, 1.165) is 37.7 Å². The van der Waals surface area contributed by atoms with Crippen LogP contribution in [-0.4, -0.2) is 22.9 Å². The number of hydrogen-bond donors (Lipinski definition) is 3. The number of nitrogens with one attached hydrogen (secondary N) is 2. The molecule has 6 nitrogen and oxygen atoms in total. The molecule has 1 saturated carbocycles. The highest BCUT2D eigenvalue weighted by atomic mass is 32.1. The molecule has 0 aromatic carbocycles. The van der Waals surface area contributed by atoms with Crippen LogP contribution in [0.4, 0.5) is 0 Å². The minimum absolute atomic E-state index is 0.249. The van der Waals surface area contributed by atoms with E-state index in [1.165, 1.54) is 4.88 Å². The second-order valence-electron chi connectivity index (χ2n) is 9.14. The van der Waals surface area contributed by atoms with Crippen LogP contribution in [0.2, 0.25) is 0 Å². The Morgan fingerprint density at radius 3 is 2.39 bits per heavy atom. The summed E-state index contributed by atoms with van der Waals surface area (Å²) in [6.07, 6.45) is 5.64. The Morgan fingerprint density at radius 1 is 1.07 bits per heavy atom. The smallest absolute Gasteiger partial charge is 0.307 e. The number of rotatable bonds is 3. The Bertz CT molecular complexity index is 765. The SMILES string of the molecule is CC(C)(C)[C@@H]1CCc2c(C(=O)NNC(=O)[C@H]3CCCC[C@@H]3C(=O)O)csc2C1. The first-order chi connectivity index (χ1) is 13.2. The van der Waals surface area contributed by atoms with E-state index in [1.807, 2.05) is 5.38 Å². The first kappa shape index (κ1) is 20.8. The standard InChI is InChI=1S/C21H30N2O4S/c1-21(2,3)12-8-9-13-16(11-28-17(13)10-12)19(25)23-22-18(24)14-6-4-5-7-15(14)20(26)27/h11-12,14-15H,4-10H2,1-3H3,(H,22,24)(H,23,25)(H,26,27)/t12-,14+,15+/m1/s1. The minimum atomic E-state index is -0.938. The summed E-state index contributed by atoms with van der Waals surface area (Å²) < 4.78 is 0. The predicted octanol–water partition coefficient (Wildman–Crippen LogP) is 3.55. The molecule has 0 saturated heterocycles. The van der Waals surface area contributed by atoms with Crippen molar-refractivity contribution < 1.29 is 19.5 Å².